The molecular weight excluding hydrogens is 408 g/mol. The van der Waals surface area contributed by atoms with E-state index in [-0.39, 0.29) is 5.78 Å². The second-order valence-corrected chi connectivity index (χ2v) is 10.1. The van der Waals surface area contributed by atoms with E-state index in [1.165, 1.54) is 10.6 Å². The summed E-state index contributed by atoms with van der Waals surface area (Å²) in [7, 11) is -3.20. The highest BCUT2D eigenvalue weighted by Gasteiger charge is 2.24. The fraction of sp³-hybridized carbons (Fsp3) is 0.240. The quantitative estimate of drug-likeness (QED) is 0.579. The van der Waals surface area contributed by atoms with Crippen molar-refractivity contribution < 1.29 is 13.2 Å². The number of carbonyl (C=O) groups excluding carboxylic acids is 1. The lowest BCUT2D eigenvalue weighted by atomic mass is 9.97. The van der Waals surface area contributed by atoms with E-state index >= 15 is 0 Å². The van der Waals surface area contributed by atoms with Crippen molar-refractivity contribution in [2.45, 2.75) is 26.8 Å². The largest absolute Gasteiger partial charge is 0.355 e. The van der Waals surface area contributed by atoms with Crippen molar-refractivity contribution in [2.24, 2.45) is 0 Å². The molecule has 3 aromatic carbocycles. The van der Waals surface area contributed by atoms with E-state index in [2.05, 4.69) is 24.4 Å². The predicted octanol–water partition coefficient (Wildman–Crippen LogP) is 4.93. The molecule has 3 aromatic rings. The molecule has 0 aliphatic carbocycles. The van der Waals surface area contributed by atoms with Gasteiger partial charge in [0, 0.05) is 30.0 Å². The van der Waals surface area contributed by atoms with Gasteiger partial charge in [-0.1, -0.05) is 42.5 Å². The maximum absolute atomic E-state index is 11.9. The van der Waals surface area contributed by atoms with Gasteiger partial charge in [-0.05, 0) is 66.3 Å². The van der Waals surface area contributed by atoms with Gasteiger partial charge in [0.15, 0.2) is 5.78 Å². The Morgan fingerprint density at radius 2 is 1.77 bits per heavy atom. The highest BCUT2D eigenvalue weighted by molar-refractivity contribution is 7.88. The van der Waals surface area contributed by atoms with Crippen molar-refractivity contribution in [2.75, 3.05) is 18.1 Å². The summed E-state index contributed by atoms with van der Waals surface area (Å²) in [5.41, 5.74) is 8.19. The van der Waals surface area contributed by atoms with E-state index in [1.807, 2.05) is 48.5 Å². The summed E-state index contributed by atoms with van der Waals surface area (Å²) in [6.45, 7) is 4.54. The lowest BCUT2D eigenvalue weighted by Gasteiger charge is -2.28. The van der Waals surface area contributed by atoms with Crippen molar-refractivity contribution >= 4 is 27.2 Å². The van der Waals surface area contributed by atoms with Crippen LogP contribution in [0.5, 0.6) is 0 Å². The Kier molecular flexibility index (Phi) is 5.69. The van der Waals surface area contributed by atoms with Crippen LogP contribution < -0.4 is 5.32 Å². The molecule has 0 bridgehead atoms. The third kappa shape index (κ3) is 4.55. The molecule has 1 N–H and O–H groups in total. The van der Waals surface area contributed by atoms with E-state index in [1.54, 1.807) is 6.92 Å². The number of nitrogens with zero attached hydrogens (tertiary/aromatic N) is 1. The van der Waals surface area contributed by atoms with Gasteiger partial charge in [0.2, 0.25) is 10.0 Å². The zero-order chi connectivity index (χ0) is 22.2. The molecule has 5 nitrogen and oxygen atoms in total. The summed E-state index contributed by atoms with van der Waals surface area (Å²) in [6.07, 6.45) is 1.94. The Morgan fingerprint density at radius 1 is 1.03 bits per heavy atom. The van der Waals surface area contributed by atoms with Crippen molar-refractivity contribution in [1.82, 2.24) is 4.31 Å². The van der Waals surface area contributed by atoms with Crippen LogP contribution in [0.2, 0.25) is 0 Å². The molecule has 1 aliphatic heterocycles. The number of hydrogen-bond acceptors (Lipinski definition) is 4. The number of rotatable bonds is 5. The summed E-state index contributed by atoms with van der Waals surface area (Å²) in [4.78, 5) is 11.6. The van der Waals surface area contributed by atoms with Crippen LogP contribution in [0.4, 0.5) is 11.4 Å². The Bertz CT molecular complexity index is 1250. The summed E-state index contributed by atoms with van der Waals surface area (Å²) in [5, 5.41) is 3.53. The highest BCUT2D eigenvalue weighted by atomic mass is 32.2. The zero-order valence-electron chi connectivity index (χ0n) is 18.0. The normalized spacial score (nSPS) is 14.2. The number of fused-ring (bicyclic) bond motifs is 1. The topological polar surface area (TPSA) is 66.5 Å². The molecule has 0 spiro atoms. The Morgan fingerprint density at radius 3 is 2.45 bits per heavy atom. The van der Waals surface area contributed by atoms with Gasteiger partial charge in [-0.2, -0.15) is 4.31 Å². The lowest BCUT2D eigenvalue weighted by molar-refractivity contribution is 0.101. The van der Waals surface area contributed by atoms with Crippen LogP contribution >= 0.6 is 0 Å². The van der Waals surface area contributed by atoms with Gasteiger partial charge in [0.1, 0.15) is 0 Å². The van der Waals surface area contributed by atoms with Crippen LogP contribution in [0.1, 0.15) is 34.0 Å². The summed E-state index contributed by atoms with van der Waals surface area (Å²) in [5.74, 6) is 0.0574. The van der Waals surface area contributed by atoms with Crippen LogP contribution in [0.25, 0.3) is 11.1 Å². The summed E-state index contributed by atoms with van der Waals surface area (Å²) in [6, 6.07) is 19.9. The van der Waals surface area contributed by atoms with Crippen molar-refractivity contribution in [3.8, 4) is 11.1 Å². The van der Waals surface area contributed by atoms with Gasteiger partial charge in [-0.15, -0.1) is 0 Å². The first-order valence-corrected chi connectivity index (χ1v) is 12.1. The molecule has 6 heteroatoms. The van der Waals surface area contributed by atoms with E-state index in [4.69, 9.17) is 0 Å². The molecule has 0 atom stereocenters. The molecular formula is C25H26N2O3S. The molecule has 1 heterocycles. The number of anilines is 2. The van der Waals surface area contributed by atoms with Gasteiger partial charge < -0.3 is 5.32 Å². The maximum atomic E-state index is 11.9. The summed E-state index contributed by atoms with van der Waals surface area (Å²) < 4.78 is 25.4. The summed E-state index contributed by atoms with van der Waals surface area (Å²) >= 11 is 0. The van der Waals surface area contributed by atoms with E-state index in [0.29, 0.717) is 25.1 Å². The Labute approximate surface area is 183 Å². The minimum Gasteiger partial charge on any atom is -0.355 e. The molecule has 160 valence electrons. The van der Waals surface area contributed by atoms with E-state index < -0.39 is 10.0 Å². The van der Waals surface area contributed by atoms with Crippen LogP contribution in [0.3, 0.4) is 0 Å². The smallest absolute Gasteiger partial charge is 0.211 e. The molecule has 0 amide bonds. The third-order valence-electron chi connectivity index (χ3n) is 5.82. The fourth-order valence-electron chi connectivity index (χ4n) is 4.03. The number of ketones is 1. The van der Waals surface area contributed by atoms with Crippen LogP contribution in [-0.4, -0.2) is 31.3 Å². The highest BCUT2D eigenvalue weighted by Crippen LogP contribution is 2.32. The number of benzene rings is 3. The average molecular weight is 435 g/mol. The second kappa shape index (κ2) is 8.29. The number of carbonyl (C=O) groups is 1. The zero-order valence-corrected chi connectivity index (χ0v) is 18.8. The first kappa shape index (κ1) is 21.3. The molecule has 1 aliphatic rings. The molecule has 0 saturated carbocycles. The van der Waals surface area contributed by atoms with Gasteiger partial charge in [-0.25, -0.2) is 8.42 Å². The molecule has 0 saturated heterocycles. The number of hydrogen-bond donors (Lipinski definition) is 1. The van der Waals surface area contributed by atoms with Crippen LogP contribution in [0, 0.1) is 6.92 Å². The van der Waals surface area contributed by atoms with Crippen LogP contribution in [-0.2, 0) is 23.0 Å². The van der Waals surface area contributed by atoms with Gasteiger partial charge in [-0.3, -0.25) is 4.79 Å². The van der Waals surface area contributed by atoms with Crippen LogP contribution in [0.15, 0.2) is 60.7 Å². The van der Waals surface area contributed by atoms with Gasteiger partial charge >= 0.3 is 0 Å². The molecule has 31 heavy (non-hydrogen) atoms. The maximum Gasteiger partial charge on any atom is 0.211 e. The van der Waals surface area contributed by atoms with Crippen molar-refractivity contribution in [3.63, 3.8) is 0 Å². The minimum atomic E-state index is -3.20. The lowest BCUT2D eigenvalue weighted by Crippen LogP contribution is -2.35. The SMILES string of the molecule is CC(=O)c1ccc(-c2cc(Nc3cccc4c3CCN(S(C)(=O)=O)C4)ccc2C)cc1. The molecule has 0 aromatic heterocycles. The predicted molar refractivity (Wildman–Crippen MR) is 125 cm³/mol. The first-order chi connectivity index (χ1) is 14.7. The second-order valence-electron chi connectivity index (χ2n) is 8.08. The minimum absolute atomic E-state index is 0.0574. The molecule has 4 rings (SSSR count). The van der Waals surface area contributed by atoms with Gasteiger partial charge in [0.05, 0.1) is 6.26 Å². The number of aryl methyl sites for hydroxylation is 1. The van der Waals surface area contributed by atoms with Gasteiger partial charge in [0.25, 0.3) is 0 Å². The van der Waals surface area contributed by atoms with E-state index in [9.17, 15) is 13.2 Å². The Balaban J connectivity index is 1.63. The number of sulfonamides is 1. The number of Topliss-reactive ketones (excluding diaryl/α,β-unsaturated/α-hetero) is 1. The first-order valence-electron chi connectivity index (χ1n) is 10.3. The fourth-order valence-corrected chi connectivity index (χ4v) is 4.83. The molecule has 0 radical (unpaired) electrons. The standard InChI is InChI=1S/C25H26N2O3S/c1-17-7-12-22(15-24(17)20-10-8-19(9-11-20)18(2)28)26-25-6-4-5-21-16-27(31(3,29)30)14-13-23(21)25/h4-12,15,26H,13-14,16H2,1-3H3. The molecule has 0 unspecified atom stereocenters. The average Bonchev–Trinajstić information content (AvgIpc) is 2.74. The molecule has 0 fully saturated rings. The van der Waals surface area contributed by atoms with E-state index in [0.717, 1.165) is 39.2 Å². The number of nitrogens with one attached hydrogen (secondary N) is 1. The third-order valence-corrected chi connectivity index (χ3v) is 7.07. The van der Waals surface area contributed by atoms with Crippen molar-refractivity contribution in [1.29, 1.82) is 0 Å². The Hall–Kier alpha value is -2.96. The monoisotopic (exact) mass is 434 g/mol. The van der Waals surface area contributed by atoms with Crippen molar-refractivity contribution in [3.05, 3.63) is 82.9 Å².